The molecule has 0 radical (unpaired) electrons. The Morgan fingerprint density at radius 3 is 2.71 bits per heavy atom. The van der Waals surface area contributed by atoms with E-state index < -0.39 is 6.10 Å². The minimum absolute atomic E-state index is 0.259. The van der Waals surface area contributed by atoms with E-state index in [-0.39, 0.29) is 12.6 Å². The predicted molar refractivity (Wildman–Crippen MR) is 92.0 cm³/mol. The Labute approximate surface area is 142 Å². The van der Waals surface area contributed by atoms with E-state index in [4.69, 9.17) is 0 Å². The van der Waals surface area contributed by atoms with Crippen molar-refractivity contribution < 1.29 is 9.90 Å². The number of aryl methyl sites for hydroxylation is 2. The molecule has 0 aromatic carbocycles. The fourth-order valence-corrected chi connectivity index (χ4v) is 2.40. The molecule has 2 rings (SSSR count). The van der Waals surface area contributed by atoms with Gasteiger partial charge in [0.1, 0.15) is 0 Å². The van der Waals surface area contributed by atoms with Gasteiger partial charge in [-0.2, -0.15) is 5.10 Å². The summed E-state index contributed by atoms with van der Waals surface area (Å²) in [5.41, 5.74) is 2.86. The van der Waals surface area contributed by atoms with Crippen molar-refractivity contribution in [3.8, 4) is 5.82 Å². The highest BCUT2D eigenvalue weighted by molar-refractivity contribution is 5.73. The van der Waals surface area contributed by atoms with Crippen molar-refractivity contribution in [2.45, 2.75) is 46.3 Å². The fraction of sp³-hybridized carbons (Fsp3) is 0.471. The summed E-state index contributed by atoms with van der Waals surface area (Å²) < 4.78 is 1.79. The Bertz CT molecular complexity index is 666. The van der Waals surface area contributed by atoms with Crippen molar-refractivity contribution in [1.82, 2.24) is 25.4 Å². The van der Waals surface area contributed by atoms with Crippen LogP contribution in [0.5, 0.6) is 0 Å². The highest BCUT2D eigenvalue weighted by Crippen LogP contribution is 2.10. The lowest BCUT2D eigenvalue weighted by Crippen LogP contribution is -2.39. The van der Waals surface area contributed by atoms with Gasteiger partial charge in [-0.25, -0.2) is 14.5 Å². The number of amides is 2. The van der Waals surface area contributed by atoms with E-state index in [1.165, 1.54) is 0 Å². The van der Waals surface area contributed by atoms with Crippen molar-refractivity contribution in [2.75, 3.05) is 6.54 Å². The SMILES string of the molecule is CCCC(O)CNC(=O)NCc1ccc(-n2nc(C)cc2C)nc1. The van der Waals surface area contributed by atoms with E-state index in [0.717, 1.165) is 29.2 Å². The smallest absolute Gasteiger partial charge is 0.315 e. The highest BCUT2D eigenvalue weighted by Gasteiger charge is 2.07. The third-order valence-electron chi connectivity index (χ3n) is 3.61. The fourth-order valence-electron chi connectivity index (χ4n) is 2.40. The van der Waals surface area contributed by atoms with Gasteiger partial charge in [-0.3, -0.25) is 0 Å². The Balaban J connectivity index is 1.84. The van der Waals surface area contributed by atoms with Crippen molar-refractivity contribution in [3.05, 3.63) is 41.3 Å². The van der Waals surface area contributed by atoms with E-state index in [9.17, 15) is 9.90 Å². The van der Waals surface area contributed by atoms with Crippen LogP contribution in [-0.4, -0.2) is 38.6 Å². The van der Waals surface area contributed by atoms with E-state index >= 15 is 0 Å². The number of carbonyl (C=O) groups excluding carboxylic acids is 1. The average Bonchev–Trinajstić information content (AvgIpc) is 2.90. The van der Waals surface area contributed by atoms with Gasteiger partial charge < -0.3 is 15.7 Å². The first-order chi connectivity index (χ1) is 11.5. The monoisotopic (exact) mass is 331 g/mol. The van der Waals surface area contributed by atoms with Gasteiger partial charge >= 0.3 is 6.03 Å². The first-order valence-electron chi connectivity index (χ1n) is 8.18. The summed E-state index contributed by atoms with van der Waals surface area (Å²) in [4.78, 5) is 16.1. The standard InChI is InChI=1S/C17H25N5O2/c1-4-5-15(23)11-20-17(24)19-10-14-6-7-16(18-9-14)22-13(3)8-12(2)21-22/h6-9,15,23H,4-5,10-11H2,1-3H3,(H2,19,20,24). The third kappa shape index (κ3) is 5.06. The summed E-state index contributed by atoms with van der Waals surface area (Å²) in [7, 11) is 0. The molecular formula is C17H25N5O2. The molecule has 0 aliphatic rings. The van der Waals surface area contributed by atoms with E-state index in [0.29, 0.717) is 13.0 Å². The van der Waals surface area contributed by atoms with Crippen LogP contribution in [-0.2, 0) is 6.54 Å². The molecule has 0 aliphatic carbocycles. The summed E-state index contributed by atoms with van der Waals surface area (Å²) in [6.45, 7) is 6.55. The molecule has 0 aliphatic heterocycles. The van der Waals surface area contributed by atoms with Crippen molar-refractivity contribution >= 4 is 6.03 Å². The molecule has 1 unspecified atom stereocenters. The quantitative estimate of drug-likeness (QED) is 0.722. The number of aromatic nitrogens is 3. The van der Waals surface area contributed by atoms with Gasteiger partial charge in [0.2, 0.25) is 0 Å². The van der Waals surface area contributed by atoms with Crippen LogP contribution in [0.4, 0.5) is 4.79 Å². The number of hydrogen-bond acceptors (Lipinski definition) is 4. The molecule has 0 fully saturated rings. The van der Waals surface area contributed by atoms with Crippen LogP contribution in [0.3, 0.4) is 0 Å². The molecule has 7 nitrogen and oxygen atoms in total. The third-order valence-corrected chi connectivity index (χ3v) is 3.61. The summed E-state index contributed by atoms with van der Waals surface area (Å²) in [6.07, 6.45) is 2.79. The molecule has 3 N–H and O–H groups in total. The zero-order chi connectivity index (χ0) is 17.5. The maximum atomic E-state index is 11.7. The van der Waals surface area contributed by atoms with Crippen LogP contribution in [0.2, 0.25) is 0 Å². The Hall–Kier alpha value is -2.41. The number of nitrogens with zero attached hydrogens (tertiary/aromatic N) is 3. The molecule has 2 heterocycles. The number of pyridine rings is 1. The van der Waals surface area contributed by atoms with Crippen LogP contribution < -0.4 is 10.6 Å². The maximum absolute atomic E-state index is 11.7. The number of carbonyl (C=O) groups is 1. The molecule has 0 saturated carbocycles. The zero-order valence-corrected chi connectivity index (χ0v) is 14.4. The number of nitrogens with one attached hydrogen (secondary N) is 2. The average molecular weight is 331 g/mol. The second kappa shape index (κ2) is 8.44. The van der Waals surface area contributed by atoms with Gasteiger partial charge in [-0.05, 0) is 38.0 Å². The van der Waals surface area contributed by atoms with Crippen LogP contribution in [0.15, 0.2) is 24.4 Å². The van der Waals surface area contributed by atoms with Gasteiger partial charge in [-0.15, -0.1) is 0 Å². The highest BCUT2D eigenvalue weighted by atomic mass is 16.3. The summed E-state index contributed by atoms with van der Waals surface area (Å²) in [5.74, 6) is 0.747. The number of urea groups is 1. The number of aliphatic hydroxyl groups is 1. The Kier molecular flexibility index (Phi) is 6.31. The molecule has 0 saturated heterocycles. The molecule has 0 bridgehead atoms. The van der Waals surface area contributed by atoms with Gasteiger partial charge in [0.25, 0.3) is 0 Å². The lowest BCUT2D eigenvalue weighted by molar-refractivity contribution is 0.160. The van der Waals surface area contributed by atoms with E-state index in [2.05, 4.69) is 20.7 Å². The van der Waals surface area contributed by atoms with Gasteiger partial charge in [-0.1, -0.05) is 19.4 Å². The molecule has 2 aromatic heterocycles. The van der Waals surface area contributed by atoms with Gasteiger partial charge in [0, 0.05) is 25.0 Å². The minimum Gasteiger partial charge on any atom is -0.391 e. The topological polar surface area (TPSA) is 92.1 Å². The lowest BCUT2D eigenvalue weighted by atomic mass is 10.2. The second-order valence-electron chi connectivity index (χ2n) is 5.87. The first-order valence-corrected chi connectivity index (χ1v) is 8.18. The van der Waals surface area contributed by atoms with Gasteiger partial charge in [0.05, 0.1) is 11.8 Å². The minimum atomic E-state index is -0.498. The Morgan fingerprint density at radius 2 is 2.12 bits per heavy atom. The van der Waals surface area contributed by atoms with Crippen LogP contribution in [0.25, 0.3) is 5.82 Å². The van der Waals surface area contributed by atoms with E-state index in [1.807, 2.05) is 39.0 Å². The molecule has 2 amide bonds. The summed E-state index contributed by atoms with van der Waals surface area (Å²) in [5, 5.41) is 19.4. The molecule has 24 heavy (non-hydrogen) atoms. The van der Waals surface area contributed by atoms with E-state index in [1.54, 1.807) is 10.9 Å². The van der Waals surface area contributed by atoms with Crippen molar-refractivity contribution in [1.29, 1.82) is 0 Å². The first kappa shape index (κ1) is 17.9. The molecule has 130 valence electrons. The Morgan fingerprint density at radius 1 is 1.33 bits per heavy atom. The normalized spacial score (nSPS) is 12.0. The lowest BCUT2D eigenvalue weighted by Gasteiger charge is -2.11. The molecular weight excluding hydrogens is 306 g/mol. The summed E-state index contributed by atoms with van der Waals surface area (Å²) in [6, 6.07) is 5.48. The zero-order valence-electron chi connectivity index (χ0n) is 14.4. The van der Waals surface area contributed by atoms with Crippen molar-refractivity contribution in [2.24, 2.45) is 0 Å². The van der Waals surface area contributed by atoms with Crippen LogP contribution in [0.1, 0.15) is 36.7 Å². The van der Waals surface area contributed by atoms with Gasteiger partial charge in [0.15, 0.2) is 5.82 Å². The van der Waals surface area contributed by atoms with Crippen LogP contribution in [0, 0.1) is 13.8 Å². The predicted octanol–water partition coefficient (Wildman–Crippen LogP) is 1.84. The number of hydrogen-bond donors (Lipinski definition) is 3. The maximum Gasteiger partial charge on any atom is 0.315 e. The molecule has 2 aromatic rings. The second-order valence-corrected chi connectivity index (χ2v) is 5.87. The largest absolute Gasteiger partial charge is 0.391 e. The number of rotatable bonds is 7. The van der Waals surface area contributed by atoms with Crippen LogP contribution >= 0.6 is 0 Å². The molecule has 7 heteroatoms. The molecule has 0 spiro atoms. The summed E-state index contributed by atoms with van der Waals surface area (Å²) >= 11 is 0. The number of aliphatic hydroxyl groups excluding tert-OH is 1. The molecule has 1 atom stereocenters. The van der Waals surface area contributed by atoms with Crippen molar-refractivity contribution in [3.63, 3.8) is 0 Å².